The first kappa shape index (κ1) is 22.6. The number of hydrogen-bond acceptors (Lipinski definition) is 2. The minimum absolute atomic E-state index is 0.193. The van der Waals surface area contributed by atoms with Crippen molar-refractivity contribution in [1.82, 2.24) is 5.06 Å². The summed E-state index contributed by atoms with van der Waals surface area (Å²) in [6.45, 7) is 0.817. The van der Waals surface area contributed by atoms with Crippen LogP contribution in [0.3, 0.4) is 0 Å². The molecule has 30 heavy (non-hydrogen) atoms. The van der Waals surface area contributed by atoms with Gasteiger partial charge >= 0.3 is 12.4 Å². The van der Waals surface area contributed by atoms with Crippen LogP contribution in [0.15, 0.2) is 54.6 Å². The molecule has 0 aliphatic carbocycles. The highest BCUT2D eigenvalue weighted by Gasteiger charge is 2.80. The van der Waals surface area contributed by atoms with Gasteiger partial charge in [-0.2, -0.15) is 31.4 Å². The van der Waals surface area contributed by atoms with Crippen molar-refractivity contribution >= 4 is 0 Å². The van der Waals surface area contributed by atoms with Crippen LogP contribution >= 0.6 is 0 Å². The Labute approximate surface area is 169 Å². The van der Waals surface area contributed by atoms with Gasteiger partial charge in [-0.15, -0.1) is 0 Å². The fraction of sp³-hybridized carbons (Fsp3) is 0.429. The summed E-state index contributed by atoms with van der Waals surface area (Å²) in [5.74, 6) is -0.842. The largest absolute Gasteiger partial charge is 0.414 e. The molecule has 2 unspecified atom stereocenters. The fourth-order valence-corrected chi connectivity index (χ4v) is 4.58. The number of rotatable bonds is 4. The second-order valence-electron chi connectivity index (χ2n) is 7.11. The molecule has 1 saturated heterocycles. The molecular weight excluding hydrogens is 415 g/mol. The molecule has 2 nitrogen and oxygen atoms in total. The van der Waals surface area contributed by atoms with Gasteiger partial charge in [-0.05, 0) is 43.0 Å². The molecule has 9 heteroatoms. The molecule has 164 valence electrons. The Kier molecular flexibility index (Phi) is 5.90. The maximum absolute atomic E-state index is 15.0. The van der Waals surface area contributed by atoms with Crippen LogP contribution in [-0.2, 0) is 15.8 Å². The number of piperidine rings is 1. The summed E-state index contributed by atoms with van der Waals surface area (Å²) in [6, 6.07) is 9.03. The molecule has 2 aromatic carbocycles. The Hall–Kier alpha value is -2.13. The van der Waals surface area contributed by atoms with E-state index in [-0.39, 0.29) is 19.6 Å². The zero-order valence-corrected chi connectivity index (χ0v) is 16.0. The minimum Gasteiger partial charge on any atom is -0.298 e. The molecule has 0 radical (unpaired) electrons. The molecule has 0 spiro atoms. The van der Waals surface area contributed by atoms with Gasteiger partial charge in [-0.25, -0.2) is 4.39 Å². The lowest BCUT2D eigenvalue weighted by Gasteiger charge is -2.58. The van der Waals surface area contributed by atoms with E-state index in [1.54, 1.807) is 0 Å². The van der Waals surface area contributed by atoms with Crippen molar-refractivity contribution in [1.29, 1.82) is 0 Å². The van der Waals surface area contributed by atoms with Crippen LogP contribution in [0.5, 0.6) is 0 Å². The normalized spacial score (nSPS) is 26.0. The lowest BCUT2D eigenvalue weighted by atomic mass is 9.57. The van der Waals surface area contributed by atoms with Gasteiger partial charge in [0.2, 0.25) is 0 Å². The third-order valence-electron chi connectivity index (χ3n) is 5.61. The van der Waals surface area contributed by atoms with Crippen LogP contribution in [0.2, 0.25) is 0 Å². The monoisotopic (exact) mass is 435 g/mol. The van der Waals surface area contributed by atoms with Gasteiger partial charge in [-0.1, -0.05) is 42.5 Å². The highest BCUT2D eigenvalue weighted by atomic mass is 19.4. The van der Waals surface area contributed by atoms with Crippen molar-refractivity contribution in [3.63, 3.8) is 0 Å². The quantitative estimate of drug-likeness (QED) is 0.536. The lowest BCUT2D eigenvalue weighted by molar-refractivity contribution is -0.394. The summed E-state index contributed by atoms with van der Waals surface area (Å²) in [7, 11) is 0. The summed E-state index contributed by atoms with van der Waals surface area (Å²) in [5.41, 5.74) is -8.24. The predicted octanol–water partition coefficient (Wildman–Crippen LogP) is 6.13. The zero-order chi connectivity index (χ0) is 22.2. The first-order valence-electron chi connectivity index (χ1n) is 9.38. The second-order valence-corrected chi connectivity index (χ2v) is 7.11. The van der Waals surface area contributed by atoms with E-state index < -0.39 is 46.7 Å². The Morgan fingerprint density at radius 1 is 0.867 bits per heavy atom. The maximum atomic E-state index is 15.0. The van der Waals surface area contributed by atoms with Gasteiger partial charge in [0, 0.05) is 6.54 Å². The number of nitrogens with zero attached hydrogens (tertiary/aromatic N) is 1. The second kappa shape index (κ2) is 7.85. The van der Waals surface area contributed by atoms with E-state index in [1.807, 2.05) is 0 Å². The fourth-order valence-electron chi connectivity index (χ4n) is 4.58. The average molecular weight is 435 g/mol. The molecule has 0 aromatic heterocycles. The van der Waals surface area contributed by atoms with E-state index in [2.05, 4.69) is 0 Å². The first-order chi connectivity index (χ1) is 14.0. The number of alkyl halides is 6. The predicted molar refractivity (Wildman–Crippen MR) is 95.9 cm³/mol. The number of halogens is 7. The lowest BCUT2D eigenvalue weighted by Crippen LogP contribution is -2.74. The van der Waals surface area contributed by atoms with Crippen molar-refractivity contribution < 1.29 is 35.6 Å². The van der Waals surface area contributed by atoms with E-state index >= 15 is 0 Å². The van der Waals surface area contributed by atoms with Gasteiger partial charge < -0.3 is 0 Å². The summed E-state index contributed by atoms with van der Waals surface area (Å²) < 4.78 is 103. The van der Waals surface area contributed by atoms with Gasteiger partial charge in [0.25, 0.3) is 0 Å². The van der Waals surface area contributed by atoms with Crippen molar-refractivity contribution in [2.45, 2.75) is 43.1 Å². The minimum atomic E-state index is -5.38. The van der Waals surface area contributed by atoms with Crippen molar-refractivity contribution in [3.05, 3.63) is 71.5 Å². The third kappa shape index (κ3) is 3.19. The van der Waals surface area contributed by atoms with Gasteiger partial charge in [0.15, 0.2) is 5.54 Å². The summed E-state index contributed by atoms with van der Waals surface area (Å²) in [4.78, 5) is 5.21. The molecule has 0 saturated carbocycles. The van der Waals surface area contributed by atoms with Crippen LogP contribution in [0.4, 0.5) is 30.7 Å². The Morgan fingerprint density at radius 3 is 1.97 bits per heavy atom. The van der Waals surface area contributed by atoms with Gasteiger partial charge in [0.1, 0.15) is 11.2 Å². The molecule has 3 rings (SSSR count). The molecule has 1 aliphatic rings. The van der Waals surface area contributed by atoms with Gasteiger partial charge in [-0.3, -0.25) is 4.84 Å². The third-order valence-corrected chi connectivity index (χ3v) is 5.61. The smallest absolute Gasteiger partial charge is 0.298 e. The molecule has 0 N–H and O–H groups in total. The highest BCUT2D eigenvalue weighted by Crippen LogP contribution is 2.65. The zero-order valence-electron chi connectivity index (χ0n) is 16.0. The summed E-state index contributed by atoms with van der Waals surface area (Å²) >= 11 is 0. The van der Waals surface area contributed by atoms with Crippen molar-refractivity contribution in [2.75, 3.05) is 13.2 Å². The Balaban J connectivity index is 2.50. The highest BCUT2D eigenvalue weighted by molar-refractivity contribution is 5.43. The summed E-state index contributed by atoms with van der Waals surface area (Å²) in [5, 5.41) is 0.419. The van der Waals surface area contributed by atoms with Crippen LogP contribution in [0.25, 0.3) is 0 Å². The number of hydrogen-bond donors (Lipinski definition) is 0. The molecule has 2 atom stereocenters. The SMILES string of the molecule is CCON1CCCC(c2ccc(F)cc2)(C(F)(F)F)C1(c1ccccc1)C(F)(F)F. The van der Waals surface area contributed by atoms with E-state index in [1.165, 1.54) is 25.1 Å². The molecule has 0 bridgehead atoms. The molecule has 1 aliphatic heterocycles. The van der Waals surface area contributed by atoms with Crippen molar-refractivity contribution in [3.8, 4) is 0 Å². The molecule has 0 amide bonds. The Bertz CT molecular complexity index is 848. The summed E-state index contributed by atoms with van der Waals surface area (Å²) in [6.07, 6.45) is -11.7. The number of benzene rings is 2. The number of hydroxylamine groups is 2. The van der Waals surface area contributed by atoms with Gasteiger partial charge in [0.05, 0.1) is 6.61 Å². The molecule has 1 heterocycles. The molecular formula is C21H20F7NO. The maximum Gasteiger partial charge on any atom is 0.414 e. The van der Waals surface area contributed by atoms with Crippen molar-refractivity contribution in [2.24, 2.45) is 0 Å². The first-order valence-corrected chi connectivity index (χ1v) is 9.38. The molecule has 2 aromatic rings. The standard InChI is InChI=1S/C21H20F7NO/c1-2-30-29-14-6-13-18(20(23,24)25,15-9-11-17(22)12-10-15)19(29,21(26,27)28)16-7-4-3-5-8-16/h3-5,7-12H,2,6,13-14H2,1H3. The van der Waals surface area contributed by atoms with Crippen LogP contribution in [-0.4, -0.2) is 30.6 Å². The molecule has 1 fully saturated rings. The topological polar surface area (TPSA) is 12.5 Å². The average Bonchev–Trinajstić information content (AvgIpc) is 2.67. The van der Waals surface area contributed by atoms with E-state index in [0.29, 0.717) is 5.06 Å². The van der Waals surface area contributed by atoms with E-state index in [9.17, 15) is 30.7 Å². The van der Waals surface area contributed by atoms with E-state index in [0.717, 1.165) is 36.4 Å². The van der Waals surface area contributed by atoms with E-state index in [4.69, 9.17) is 4.84 Å². The van der Waals surface area contributed by atoms with Crippen LogP contribution in [0, 0.1) is 5.82 Å². The Morgan fingerprint density at radius 2 is 1.47 bits per heavy atom. The van der Waals surface area contributed by atoms with Crippen LogP contribution in [0.1, 0.15) is 30.9 Å². The van der Waals surface area contributed by atoms with Crippen LogP contribution < -0.4 is 0 Å².